The van der Waals surface area contributed by atoms with E-state index in [1.807, 2.05) is 6.20 Å². The fourth-order valence-corrected chi connectivity index (χ4v) is 3.47. The van der Waals surface area contributed by atoms with Crippen molar-refractivity contribution in [2.75, 3.05) is 5.32 Å². The number of hydrogen-bond acceptors (Lipinski definition) is 3. The molecule has 80 valence electrons. The summed E-state index contributed by atoms with van der Waals surface area (Å²) in [6, 6.07) is 0.659. The molecule has 1 aromatic rings. The van der Waals surface area contributed by atoms with Gasteiger partial charge in [0.2, 0.25) is 0 Å². The second kappa shape index (κ2) is 3.88. The van der Waals surface area contributed by atoms with Gasteiger partial charge in [0.1, 0.15) is 12.1 Å². The van der Waals surface area contributed by atoms with Crippen LogP contribution in [0.15, 0.2) is 12.5 Å². The minimum absolute atomic E-state index is 0.659. The average molecular weight is 315 g/mol. The van der Waals surface area contributed by atoms with Crippen molar-refractivity contribution in [2.24, 2.45) is 11.8 Å². The Balaban J connectivity index is 1.73. The van der Waals surface area contributed by atoms with Crippen LogP contribution >= 0.6 is 22.6 Å². The summed E-state index contributed by atoms with van der Waals surface area (Å²) >= 11 is 2.29. The predicted molar refractivity (Wildman–Crippen MR) is 67.6 cm³/mol. The third-order valence-corrected chi connectivity index (χ3v) is 4.52. The molecular weight excluding hydrogens is 301 g/mol. The van der Waals surface area contributed by atoms with Crippen LogP contribution in [0.2, 0.25) is 0 Å². The predicted octanol–water partition coefficient (Wildman–Crippen LogP) is 2.68. The number of anilines is 1. The molecule has 0 aromatic carbocycles. The standard InChI is InChI=1S/C11H14IN3/c12-9-5-13-6-14-11(9)15-10-4-7-1-2-8(10)3-7/h5-8,10H,1-4H2,(H,13,14,15). The monoisotopic (exact) mass is 315 g/mol. The molecule has 4 heteroatoms. The van der Waals surface area contributed by atoms with Crippen LogP contribution in [0.25, 0.3) is 0 Å². The molecule has 3 nitrogen and oxygen atoms in total. The van der Waals surface area contributed by atoms with Crippen molar-refractivity contribution in [1.82, 2.24) is 9.97 Å². The summed E-state index contributed by atoms with van der Waals surface area (Å²) in [7, 11) is 0. The Morgan fingerprint density at radius 1 is 1.33 bits per heavy atom. The largest absolute Gasteiger partial charge is 0.366 e. The average Bonchev–Trinajstić information content (AvgIpc) is 2.83. The van der Waals surface area contributed by atoms with Gasteiger partial charge in [0.25, 0.3) is 0 Å². The van der Waals surface area contributed by atoms with E-state index in [9.17, 15) is 0 Å². The van der Waals surface area contributed by atoms with E-state index in [0.717, 1.165) is 21.2 Å². The summed E-state index contributed by atoms with van der Waals surface area (Å²) in [5.74, 6) is 2.89. The van der Waals surface area contributed by atoms with E-state index in [2.05, 4.69) is 37.9 Å². The highest BCUT2D eigenvalue weighted by Crippen LogP contribution is 2.45. The molecule has 15 heavy (non-hydrogen) atoms. The number of nitrogens with zero attached hydrogens (tertiary/aromatic N) is 2. The van der Waals surface area contributed by atoms with Gasteiger partial charge in [0.15, 0.2) is 0 Å². The number of fused-ring (bicyclic) bond motifs is 2. The highest BCUT2D eigenvalue weighted by molar-refractivity contribution is 14.1. The molecule has 3 rings (SSSR count). The first-order valence-electron chi connectivity index (χ1n) is 5.55. The quantitative estimate of drug-likeness (QED) is 0.853. The lowest BCUT2D eigenvalue weighted by Crippen LogP contribution is -2.26. The van der Waals surface area contributed by atoms with Gasteiger partial charge in [0.05, 0.1) is 3.57 Å². The molecule has 0 amide bonds. The maximum atomic E-state index is 4.30. The molecule has 1 N–H and O–H groups in total. The summed E-state index contributed by atoms with van der Waals surface area (Å²) < 4.78 is 1.12. The topological polar surface area (TPSA) is 37.8 Å². The molecule has 0 aliphatic heterocycles. The van der Waals surface area contributed by atoms with Gasteiger partial charge in [-0.15, -0.1) is 0 Å². The molecule has 0 spiro atoms. The van der Waals surface area contributed by atoms with E-state index in [0.29, 0.717) is 6.04 Å². The van der Waals surface area contributed by atoms with E-state index in [-0.39, 0.29) is 0 Å². The van der Waals surface area contributed by atoms with E-state index >= 15 is 0 Å². The van der Waals surface area contributed by atoms with Crippen LogP contribution in [0.1, 0.15) is 25.7 Å². The Morgan fingerprint density at radius 3 is 2.93 bits per heavy atom. The van der Waals surface area contributed by atoms with Crippen molar-refractivity contribution < 1.29 is 0 Å². The van der Waals surface area contributed by atoms with Crippen LogP contribution < -0.4 is 5.32 Å². The van der Waals surface area contributed by atoms with Gasteiger partial charge < -0.3 is 5.32 Å². The maximum absolute atomic E-state index is 4.30. The molecule has 3 unspecified atom stereocenters. The second-order valence-electron chi connectivity index (χ2n) is 4.64. The Morgan fingerprint density at radius 2 is 2.27 bits per heavy atom. The van der Waals surface area contributed by atoms with Crippen molar-refractivity contribution in [3.05, 3.63) is 16.1 Å². The lowest BCUT2D eigenvalue weighted by Gasteiger charge is -2.23. The van der Waals surface area contributed by atoms with Crippen molar-refractivity contribution in [2.45, 2.75) is 31.7 Å². The first-order valence-corrected chi connectivity index (χ1v) is 6.63. The zero-order valence-electron chi connectivity index (χ0n) is 8.49. The van der Waals surface area contributed by atoms with Crippen LogP contribution in [0.4, 0.5) is 5.82 Å². The zero-order valence-corrected chi connectivity index (χ0v) is 10.6. The zero-order chi connectivity index (χ0) is 10.3. The molecule has 2 aliphatic carbocycles. The smallest absolute Gasteiger partial charge is 0.143 e. The van der Waals surface area contributed by atoms with Crippen LogP contribution in [0.5, 0.6) is 0 Å². The Labute approximate surface area is 103 Å². The molecule has 2 saturated carbocycles. The van der Waals surface area contributed by atoms with Gasteiger partial charge in [-0.2, -0.15) is 0 Å². The summed E-state index contributed by atoms with van der Waals surface area (Å²) in [4.78, 5) is 8.30. The number of hydrogen-bond donors (Lipinski definition) is 1. The maximum Gasteiger partial charge on any atom is 0.143 e. The Hall–Kier alpha value is -0.390. The summed E-state index contributed by atoms with van der Waals surface area (Å²) in [6.07, 6.45) is 9.11. The minimum Gasteiger partial charge on any atom is -0.366 e. The first-order chi connectivity index (χ1) is 7.33. The molecule has 2 bridgehead atoms. The fraction of sp³-hybridized carbons (Fsp3) is 0.636. The van der Waals surface area contributed by atoms with Crippen molar-refractivity contribution >= 4 is 28.4 Å². The highest BCUT2D eigenvalue weighted by Gasteiger charge is 2.39. The SMILES string of the molecule is Ic1cncnc1NC1CC2CCC1C2. The Bertz CT molecular complexity index is 369. The first kappa shape index (κ1) is 9.81. The normalized spacial score (nSPS) is 33.3. The van der Waals surface area contributed by atoms with Gasteiger partial charge in [0, 0.05) is 12.2 Å². The van der Waals surface area contributed by atoms with Crippen LogP contribution in [0, 0.1) is 15.4 Å². The third kappa shape index (κ3) is 1.84. The van der Waals surface area contributed by atoms with Crippen molar-refractivity contribution in [1.29, 1.82) is 0 Å². The number of rotatable bonds is 2. The number of halogens is 1. The summed E-state index contributed by atoms with van der Waals surface area (Å²) in [5.41, 5.74) is 0. The molecule has 2 aliphatic rings. The number of aromatic nitrogens is 2. The van der Waals surface area contributed by atoms with Crippen LogP contribution in [-0.4, -0.2) is 16.0 Å². The van der Waals surface area contributed by atoms with Gasteiger partial charge in [-0.1, -0.05) is 6.42 Å². The lowest BCUT2D eigenvalue weighted by molar-refractivity contribution is 0.438. The highest BCUT2D eigenvalue weighted by atomic mass is 127. The fourth-order valence-electron chi connectivity index (χ4n) is 3.02. The van der Waals surface area contributed by atoms with Crippen molar-refractivity contribution in [3.8, 4) is 0 Å². The molecular formula is C11H14IN3. The van der Waals surface area contributed by atoms with E-state index in [1.54, 1.807) is 6.33 Å². The van der Waals surface area contributed by atoms with Crippen LogP contribution in [0.3, 0.4) is 0 Å². The Kier molecular flexibility index (Phi) is 2.54. The van der Waals surface area contributed by atoms with E-state index in [1.165, 1.54) is 25.7 Å². The summed E-state index contributed by atoms with van der Waals surface area (Å²) in [5, 5.41) is 3.58. The molecule has 1 aromatic heterocycles. The molecule has 1 heterocycles. The third-order valence-electron chi connectivity index (χ3n) is 3.73. The van der Waals surface area contributed by atoms with Gasteiger partial charge in [-0.05, 0) is 53.7 Å². The van der Waals surface area contributed by atoms with Gasteiger partial charge >= 0.3 is 0 Å². The molecule has 0 saturated heterocycles. The molecule has 2 fully saturated rings. The van der Waals surface area contributed by atoms with Gasteiger partial charge in [-0.3, -0.25) is 0 Å². The van der Waals surface area contributed by atoms with Crippen LogP contribution in [-0.2, 0) is 0 Å². The summed E-state index contributed by atoms with van der Waals surface area (Å²) in [6.45, 7) is 0. The van der Waals surface area contributed by atoms with Gasteiger partial charge in [-0.25, -0.2) is 9.97 Å². The second-order valence-corrected chi connectivity index (χ2v) is 5.81. The number of nitrogens with one attached hydrogen (secondary N) is 1. The molecule has 0 radical (unpaired) electrons. The van der Waals surface area contributed by atoms with Crippen molar-refractivity contribution in [3.63, 3.8) is 0 Å². The van der Waals surface area contributed by atoms with E-state index < -0.39 is 0 Å². The minimum atomic E-state index is 0.659. The molecule has 3 atom stereocenters. The lowest BCUT2D eigenvalue weighted by atomic mass is 9.95. The van der Waals surface area contributed by atoms with E-state index in [4.69, 9.17) is 0 Å².